The molecule has 152 valence electrons. The van der Waals surface area contributed by atoms with Gasteiger partial charge in [-0.25, -0.2) is 0 Å². The number of hydrogen-bond donors (Lipinski definition) is 1. The lowest BCUT2D eigenvalue weighted by molar-refractivity contribution is -0.122. The van der Waals surface area contributed by atoms with Gasteiger partial charge in [0.05, 0.1) is 19.6 Å². The van der Waals surface area contributed by atoms with Gasteiger partial charge >= 0.3 is 0 Å². The van der Waals surface area contributed by atoms with Crippen LogP contribution in [0.3, 0.4) is 0 Å². The third-order valence-corrected chi connectivity index (χ3v) is 5.32. The van der Waals surface area contributed by atoms with Crippen molar-refractivity contribution in [2.24, 2.45) is 0 Å². The van der Waals surface area contributed by atoms with E-state index in [9.17, 15) is 9.59 Å². The van der Waals surface area contributed by atoms with Crippen LogP contribution in [0.4, 0.5) is 0 Å². The lowest BCUT2D eigenvalue weighted by atomic mass is 10.0. The molecule has 6 nitrogen and oxygen atoms in total. The molecule has 2 heterocycles. The molecule has 0 spiro atoms. The van der Waals surface area contributed by atoms with Gasteiger partial charge in [0, 0.05) is 31.0 Å². The number of amides is 2. The Morgan fingerprint density at radius 2 is 1.93 bits per heavy atom. The lowest BCUT2D eigenvalue weighted by Gasteiger charge is -2.28. The smallest absolute Gasteiger partial charge is 0.255 e. The predicted octanol–water partition coefficient (Wildman–Crippen LogP) is 3.49. The first-order chi connectivity index (χ1) is 14.7. The van der Waals surface area contributed by atoms with Crippen LogP contribution in [0.2, 0.25) is 0 Å². The van der Waals surface area contributed by atoms with Crippen LogP contribution in [0.5, 0.6) is 5.75 Å². The van der Waals surface area contributed by atoms with Gasteiger partial charge < -0.3 is 15.0 Å². The van der Waals surface area contributed by atoms with Crippen molar-refractivity contribution in [1.82, 2.24) is 15.2 Å². The van der Waals surface area contributed by atoms with Crippen molar-refractivity contribution in [3.63, 3.8) is 0 Å². The molecule has 0 aliphatic carbocycles. The Labute approximate surface area is 175 Å². The monoisotopic (exact) mass is 401 g/mol. The van der Waals surface area contributed by atoms with E-state index in [0.29, 0.717) is 18.7 Å². The fraction of sp³-hybridized carbons (Fsp3) is 0.208. The van der Waals surface area contributed by atoms with E-state index in [1.807, 2.05) is 60.7 Å². The Kier molecular flexibility index (Phi) is 5.75. The standard InChI is InChI=1S/C24H23N3O3/c1-30-20-10-8-18(9-11-20)22(13-23(28)26-15-17-5-4-12-25-14-17)27-16-19-6-2-3-7-21(19)24(27)29/h2-12,14,22H,13,15-16H2,1H3,(H,26,28)/t22-/m0/s1. The second-order valence-electron chi connectivity index (χ2n) is 7.22. The van der Waals surface area contributed by atoms with E-state index in [0.717, 1.165) is 22.4 Å². The summed E-state index contributed by atoms with van der Waals surface area (Å²) in [4.78, 5) is 31.7. The van der Waals surface area contributed by atoms with E-state index in [1.54, 1.807) is 24.4 Å². The van der Waals surface area contributed by atoms with E-state index in [1.165, 1.54) is 0 Å². The van der Waals surface area contributed by atoms with E-state index in [-0.39, 0.29) is 24.3 Å². The van der Waals surface area contributed by atoms with Gasteiger partial charge in [-0.2, -0.15) is 0 Å². The highest BCUT2D eigenvalue weighted by Crippen LogP contribution is 2.34. The van der Waals surface area contributed by atoms with Crippen molar-refractivity contribution in [2.45, 2.75) is 25.6 Å². The zero-order valence-corrected chi connectivity index (χ0v) is 16.7. The third kappa shape index (κ3) is 4.17. The van der Waals surface area contributed by atoms with Crippen molar-refractivity contribution >= 4 is 11.8 Å². The summed E-state index contributed by atoms with van der Waals surface area (Å²) >= 11 is 0. The molecule has 3 aromatic rings. The van der Waals surface area contributed by atoms with Crippen LogP contribution in [0.15, 0.2) is 73.1 Å². The average molecular weight is 401 g/mol. The van der Waals surface area contributed by atoms with Gasteiger partial charge in [0.25, 0.3) is 5.91 Å². The van der Waals surface area contributed by atoms with Crippen LogP contribution < -0.4 is 10.1 Å². The molecule has 2 amide bonds. The van der Waals surface area contributed by atoms with Gasteiger partial charge in [0.1, 0.15) is 5.75 Å². The molecule has 0 saturated heterocycles. The molecule has 1 aromatic heterocycles. The Morgan fingerprint density at radius 3 is 2.63 bits per heavy atom. The fourth-order valence-corrected chi connectivity index (χ4v) is 3.71. The van der Waals surface area contributed by atoms with Crippen LogP contribution in [0.25, 0.3) is 0 Å². The van der Waals surface area contributed by atoms with Crippen LogP contribution >= 0.6 is 0 Å². The summed E-state index contributed by atoms with van der Waals surface area (Å²) in [5.74, 6) is 0.560. The largest absolute Gasteiger partial charge is 0.497 e. The molecule has 6 heteroatoms. The molecule has 0 saturated carbocycles. The van der Waals surface area contributed by atoms with Gasteiger partial charge in [-0.3, -0.25) is 14.6 Å². The number of methoxy groups -OCH3 is 1. The molecule has 0 radical (unpaired) electrons. The van der Waals surface area contributed by atoms with Gasteiger partial charge in [-0.05, 0) is 41.0 Å². The van der Waals surface area contributed by atoms with Crippen molar-refractivity contribution in [3.8, 4) is 5.75 Å². The zero-order chi connectivity index (χ0) is 20.9. The number of ether oxygens (including phenoxy) is 1. The number of carbonyl (C=O) groups is 2. The molecule has 0 unspecified atom stereocenters. The van der Waals surface area contributed by atoms with Gasteiger partial charge in [0.2, 0.25) is 5.91 Å². The van der Waals surface area contributed by atoms with Crippen LogP contribution in [-0.4, -0.2) is 28.8 Å². The summed E-state index contributed by atoms with van der Waals surface area (Å²) in [6, 6.07) is 18.5. The molecule has 1 N–H and O–H groups in total. The predicted molar refractivity (Wildman–Crippen MR) is 113 cm³/mol. The molecular formula is C24H23N3O3. The summed E-state index contributed by atoms with van der Waals surface area (Å²) in [5.41, 5.74) is 3.51. The van der Waals surface area contributed by atoms with Gasteiger partial charge in [-0.1, -0.05) is 36.4 Å². The number of nitrogens with one attached hydrogen (secondary N) is 1. The maximum absolute atomic E-state index is 13.1. The van der Waals surface area contributed by atoms with Gasteiger partial charge in [0.15, 0.2) is 0 Å². The number of hydrogen-bond acceptors (Lipinski definition) is 4. The maximum Gasteiger partial charge on any atom is 0.255 e. The maximum atomic E-state index is 13.1. The summed E-state index contributed by atoms with van der Waals surface area (Å²) in [7, 11) is 1.61. The number of nitrogens with zero attached hydrogens (tertiary/aromatic N) is 2. The van der Waals surface area contributed by atoms with Crippen molar-refractivity contribution in [2.75, 3.05) is 7.11 Å². The molecule has 0 bridgehead atoms. The van der Waals surface area contributed by atoms with Crippen molar-refractivity contribution in [1.29, 1.82) is 0 Å². The fourth-order valence-electron chi connectivity index (χ4n) is 3.71. The van der Waals surface area contributed by atoms with Crippen LogP contribution in [0, 0.1) is 0 Å². The normalized spacial score (nSPS) is 13.6. The molecule has 1 aliphatic heterocycles. The average Bonchev–Trinajstić information content (AvgIpc) is 3.13. The third-order valence-electron chi connectivity index (χ3n) is 5.32. The first kappa shape index (κ1) is 19.6. The first-order valence-corrected chi connectivity index (χ1v) is 9.84. The Balaban J connectivity index is 1.54. The highest BCUT2D eigenvalue weighted by atomic mass is 16.5. The SMILES string of the molecule is COc1ccc([C@H](CC(=O)NCc2cccnc2)N2Cc3ccccc3C2=O)cc1. The zero-order valence-electron chi connectivity index (χ0n) is 16.7. The minimum atomic E-state index is -0.371. The molecule has 1 aliphatic rings. The van der Waals surface area contributed by atoms with Gasteiger partial charge in [-0.15, -0.1) is 0 Å². The quantitative estimate of drug-likeness (QED) is 0.658. The Bertz CT molecular complexity index is 1040. The number of pyridine rings is 1. The highest BCUT2D eigenvalue weighted by molar-refractivity contribution is 5.98. The Hall–Kier alpha value is -3.67. The Morgan fingerprint density at radius 1 is 1.13 bits per heavy atom. The topological polar surface area (TPSA) is 71.5 Å². The number of fused-ring (bicyclic) bond motifs is 1. The van der Waals surface area contributed by atoms with E-state index < -0.39 is 0 Å². The molecular weight excluding hydrogens is 378 g/mol. The second kappa shape index (κ2) is 8.78. The summed E-state index contributed by atoms with van der Waals surface area (Å²) < 4.78 is 5.25. The van der Waals surface area contributed by atoms with Crippen molar-refractivity contribution < 1.29 is 14.3 Å². The summed E-state index contributed by atoms with van der Waals surface area (Å²) in [5, 5.41) is 2.94. The minimum Gasteiger partial charge on any atom is -0.497 e. The minimum absolute atomic E-state index is 0.0496. The summed E-state index contributed by atoms with van der Waals surface area (Å²) in [6.45, 7) is 0.887. The molecule has 2 aromatic carbocycles. The van der Waals surface area contributed by atoms with Crippen LogP contribution in [-0.2, 0) is 17.9 Å². The number of carbonyl (C=O) groups excluding carboxylic acids is 2. The molecule has 4 rings (SSSR count). The lowest BCUT2D eigenvalue weighted by Crippen LogP contribution is -2.34. The number of aromatic nitrogens is 1. The van der Waals surface area contributed by atoms with Crippen LogP contribution in [0.1, 0.15) is 39.5 Å². The molecule has 0 fully saturated rings. The highest BCUT2D eigenvalue weighted by Gasteiger charge is 2.34. The summed E-state index contributed by atoms with van der Waals surface area (Å²) in [6.07, 6.45) is 3.59. The van der Waals surface area contributed by atoms with E-state index in [4.69, 9.17) is 4.74 Å². The number of benzene rings is 2. The molecule has 30 heavy (non-hydrogen) atoms. The van der Waals surface area contributed by atoms with E-state index >= 15 is 0 Å². The van der Waals surface area contributed by atoms with E-state index in [2.05, 4.69) is 10.3 Å². The van der Waals surface area contributed by atoms with Crippen molar-refractivity contribution in [3.05, 3.63) is 95.3 Å². The first-order valence-electron chi connectivity index (χ1n) is 9.84. The second-order valence-corrected chi connectivity index (χ2v) is 7.22. The molecule has 1 atom stereocenters. The number of rotatable bonds is 7.